The van der Waals surface area contributed by atoms with Gasteiger partial charge in [-0.25, -0.2) is 0 Å². The van der Waals surface area contributed by atoms with Crippen molar-refractivity contribution >= 4 is 11.9 Å². The van der Waals surface area contributed by atoms with Crippen LogP contribution in [0.15, 0.2) is 0 Å². The monoisotopic (exact) mass is 211 g/mol. The van der Waals surface area contributed by atoms with Crippen LogP contribution in [-0.2, 0) is 9.59 Å². The predicted octanol–water partition coefficient (Wildman–Crippen LogP) is 1.11. The topological polar surface area (TPSA) is 57.6 Å². The van der Waals surface area contributed by atoms with Crippen LogP contribution in [0.4, 0.5) is 0 Å². The van der Waals surface area contributed by atoms with Gasteiger partial charge in [0.2, 0.25) is 5.91 Å². The molecule has 1 amide bonds. The highest BCUT2D eigenvalue weighted by atomic mass is 16.4. The molecule has 1 saturated carbocycles. The van der Waals surface area contributed by atoms with Gasteiger partial charge in [-0.15, -0.1) is 0 Å². The minimum atomic E-state index is -0.720. The van der Waals surface area contributed by atoms with Crippen molar-refractivity contribution in [2.75, 3.05) is 13.1 Å². The lowest BCUT2D eigenvalue weighted by molar-refractivity contribution is -0.138. The lowest BCUT2D eigenvalue weighted by atomic mass is 9.93. The van der Waals surface area contributed by atoms with Crippen LogP contribution in [0.2, 0.25) is 0 Å². The van der Waals surface area contributed by atoms with Crippen LogP contribution in [0.25, 0.3) is 0 Å². The van der Waals surface area contributed by atoms with Gasteiger partial charge in [0.25, 0.3) is 0 Å². The van der Waals surface area contributed by atoms with E-state index in [0.717, 1.165) is 38.8 Å². The number of aliphatic carboxylic acids is 1. The van der Waals surface area contributed by atoms with E-state index in [9.17, 15) is 9.59 Å². The zero-order chi connectivity index (χ0) is 10.8. The number of hydrogen-bond acceptors (Lipinski definition) is 2. The van der Waals surface area contributed by atoms with Crippen molar-refractivity contribution in [1.82, 2.24) is 4.90 Å². The number of amides is 1. The second-order valence-electron chi connectivity index (χ2n) is 4.64. The Bertz CT molecular complexity index is 265. The van der Waals surface area contributed by atoms with Crippen LogP contribution in [-0.4, -0.2) is 35.0 Å². The number of carboxylic acid groups (broad SMARTS) is 1. The molecule has 2 aliphatic rings. The Balaban J connectivity index is 1.76. The van der Waals surface area contributed by atoms with Crippen molar-refractivity contribution in [1.29, 1.82) is 0 Å². The zero-order valence-electron chi connectivity index (χ0n) is 8.82. The van der Waals surface area contributed by atoms with Crippen molar-refractivity contribution in [2.24, 2.45) is 11.8 Å². The Kier molecular flexibility index (Phi) is 2.93. The molecule has 0 aromatic heterocycles. The molecular weight excluding hydrogens is 194 g/mol. The Morgan fingerprint density at radius 3 is 2.20 bits per heavy atom. The Morgan fingerprint density at radius 1 is 1.13 bits per heavy atom. The minimum absolute atomic E-state index is 0.255. The van der Waals surface area contributed by atoms with Gasteiger partial charge in [0, 0.05) is 25.4 Å². The summed E-state index contributed by atoms with van der Waals surface area (Å²) in [7, 11) is 0. The van der Waals surface area contributed by atoms with Gasteiger partial charge >= 0.3 is 5.97 Å². The maximum absolute atomic E-state index is 11.7. The highest BCUT2D eigenvalue weighted by Gasteiger charge is 2.35. The van der Waals surface area contributed by atoms with Crippen molar-refractivity contribution in [3.05, 3.63) is 0 Å². The first-order valence-corrected chi connectivity index (χ1v) is 5.67. The quantitative estimate of drug-likeness (QED) is 0.760. The van der Waals surface area contributed by atoms with Gasteiger partial charge in [0.05, 0.1) is 0 Å². The third kappa shape index (κ3) is 2.70. The highest BCUT2D eigenvalue weighted by molar-refractivity contribution is 5.81. The number of carboxylic acids is 1. The van der Waals surface area contributed by atoms with Gasteiger partial charge in [-0.05, 0) is 31.6 Å². The van der Waals surface area contributed by atoms with E-state index >= 15 is 0 Å². The largest absolute Gasteiger partial charge is 0.481 e. The van der Waals surface area contributed by atoms with Crippen molar-refractivity contribution < 1.29 is 14.7 Å². The minimum Gasteiger partial charge on any atom is -0.481 e. The summed E-state index contributed by atoms with van der Waals surface area (Å²) >= 11 is 0. The average Bonchev–Trinajstić information content (AvgIpc) is 3.00. The van der Waals surface area contributed by atoms with Gasteiger partial charge in [-0.2, -0.15) is 0 Å². The SMILES string of the molecule is O=C(O)CC1CCN(C(=O)C2CC2)CC1. The molecule has 1 heterocycles. The molecule has 4 heteroatoms. The normalized spacial score (nSPS) is 22.8. The number of hydrogen-bond donors (Lipinski definition) is 1. The fourth-order valence-electron chi connectivity index (χ4n) is 2.19. The third-order valence-electron chi connectivity index (χ3n) is 3.32. The van der Waals surface area contributed by atoms with Crippen molar-refractivity contribution in [3.63, 3.8) is 0 Å². The van der Waals surface area contributed by atoms with E-state index in [0.29, 0.717) is 11.8 Å². The summed E-state index contributed by atoms with van der Waals surface area (Å²) in [6.45, 7) is 1.51. The summed E-state index contributed by atoms with van der Waals surface area (Å²) in [6.07, 6.45) is 4.06. The molecular formula is C11H17NO3. The standard InChI is InChI=1S/C11H17NO3/c13-10(14)7-8-3-5-12(6-4-8)11(15)9-1-2-9/h8-9H,1-7H2,(H,13,14). The lowest BCUT2D eigenvalue weighted by Crippen LogP contribution is -2.39. The number of likely N-dealkylation sites (tertiary alicyclic amines) is 1. The third-order valence-corrected chi connectivity index (χ3v) is 3.32. The lowest BCUT2D eigenvalue weighted by Gasteiger charge is -2.31. The van der Waals surface area contributed by atoms with E-state index in [-0.39, 0.29) is 12.3 Å². The first kappa shape index (κ1) is 10.5. The summed E-state index contributed by atoms with van der Waals surface area (Å²) in [6, 6.07) is 0. The van der Waals surface area contributed by atoms with Gasteiger partial charge in [-0.3, -0.25) is 9.59 Å². The van der Waals surface area contributed by atoms with Crippen molar-refractivity contribution in [2.45, 2.75) is 32.1 Å². The molecule has 2 fully saturated rings. The number of piperidine rings is 1. The van der Waals surface area contributed by atoms with Gasteiger partial charge < -0.3 is 10.0 Å². The fourth-order valence-corrected chi connectivity index (χ4v) is 2.19. The van der Waals surface area contributed by atoms with E-state index in [1.165, 1.54) is 0 Å². The summed E-state index contributed by atoms with van der Waals surface area (Å²) in [5.74, 6) is 0.137. The molecule has 2 rings (SSSR count). The average molecular weight is 211 g/mol. The fraction of sp³-hybridized carbons (Fsp3) is 0.818. The molecule has 0 bridgehead atoms. The van der Waals surface area contributed by atoms with Crippen molar-refractivity contribution in [3.8, 4) is 0 Å². The zero-order valence-corrected chi connectivity index (χ0v) is 8.82. The van der Waals surface area contributed by atoms with Crippen LogP contribution < -0.4 is 0 Å². The molecule has 84 valence electrons. The summed E-state index contributed by atoms with van der Waals surface area (Å²) in [5.41, 5.74) is 0. The predicted molar refractivity (Wildman–Crippen MR) is 54.3 cm³/mol. The summed E-state index contributed by atoms with van der Waals surface area (Å²) in [4.78, 5) is 24.1. The first-order chi connectivity index (χ1) is 7.16. The second-order valence-corrected chi connectivity index (χ2v) is 4.64. The molecule has 0 aromatic rings. The molecule has 1 aliphatic carbocycles. The number of carbonyl (C=O) groups excluding carboxylic acids is 1. The Labute approximate surface area is 89.3 Å². The number of carbonyl (C=O) groups is 2. The van der Waals surface area contributed by atoms with E-state index < -0.39 is 5.97 Å². The molecule has 1 N–H and O–H groups in total. The van der Waals surface area contributed by atoms with E-state index in [4.69, 9.17) is 5.11 Å². The molecule has 15 heavy (non-hydrogen) atoms. The van der Waals surface area contributed by atoms with Crippen LogP contribution in [0.5, 0.6) is 0 Å². The smallest absolute Gasteiger partial charge is 0.303 e. The van der Waals surface area contributed by atoms with Crippen LogP contribution in [0.1, 0.15) is 32.1 Å². The summed E-state index contributed by atoms with van der Waals surface area (Å²) in [5, 5.41) is 8.66. The number of rotatable bonds is 3. The van der Waals surface area contributed by atoms with E-state index in [2.05, 4.69) is 0 Å². The van der Waals surface area contributed by atoms with Gasteiger partial charge in [0.15, 0.2) is 0 Å². The van der Waals surface area contributed by atoms with E-state index in [1.54, 1.807) is 0 Å². The molecule has 0 unspecified atom stereocenters. The Morgan fingerprint density at radius 2 is 1.73 bits per heavy atom. The first-order valence-electron chi connectivity index (χ1n) is 5.67. The van der Waals surface area contributed by atoms with Crippen LogP contribution in [0, 0.1) is 11.8 Å². The van der Waals surface area contributed by atoms with Crippen LogP contribution in [0.3, 0.4) is 0 Å². The maximum atomic E-state index is 11.7. The van der Waals surface area contributed by atoms with Gasteiger partial charge in [0.1, 0.15) is 0 Å². The molecule has 0 radical (unpaired) electrons. The molecule has 1 aliphatic heterocycles. The van der Waals surface area contributed by atoms with Gasteiger partial charge in [-0.1, -0.05) is 0 Å². The molecule has 0 spiro atoms. The summed E-state index contributed by atoms with van der Waals surface area (Å²) < 4.78 is 0. The molecule has 4 nitrogen and oxygen atoms in total. The van der Waals surface area contributed by atoms with E-state index in [1.807, 2.05) is 4.90 Å². The van der Waals surface area contributed by atoms with Crippen LogP contribution >= 0.6 is 0 Å². The molecule has 0 aromatic carbocycles. The second kappa shape index (κ2) is 4.21. The molecule has 0 atom stereocenters. The highest BCUT2D eigenvalue weighted by Crippen LogP contribution is 2.32. The number of nitrogens with zero attached hydrogens (tertiary/aromatic N) is 1. The molecule has 1 saturated heterocycles. The Hall–Kier alpha value is -1.06. The maximum Gasteiger partial charge on any atom is 0.303 e.